The number of nitrogens with one attached hydrogen (secondary N) is 1. The molecule has 0 aliphatic carbocycles. The molecule has 1 N–H and O–H groups in total. The standard InChI is InChI=1S/C30H23N3O2S/c1-35-22-17-15-21(16-18-22)33-27-14-8-7-13-26(27)32-30(33)36-29(20-9-3-2-4-10-20)28(34)24-19-31-25-12-6-5-11-23(24)25/h2-19,29,31H,1H3/t29-/m1/s1. The summed E-state index contributed by atoms with van der Waals surface area (Å²) in [6, 6.07) is 33.7. The molecule has 0 aliphatic heterocycles. The third kappa shape index (κ3) is 3.95. The average Bonchev–Trinajstić information content (AvgIpc) is 3.53. The van der Waals surface area contributed by atoms with Crippen LogP contribution in [0.3, 0.4) is 0 Å². The Morgan fingerprint density at radius 2 is 1.61 bits per heavy atom. The molecule has 0 saturated carbocycles. The number of ether oxygens (including phenoxy) is 1. The lowest BCUT2D eigenvalue weighted by molar-refractivity contribution is 0.0991. The van der Waals surface area contributed by atoms with E-state index >= 15 is 0 Å². The molecule has 6 rings (SSSR count). The van der Waals surface area contributed by atoms with Crippen molar-refractivity contribution < 1.29 is 9.53 Å². The van der Waals surface area contributed by atoms with Gasteiger partial charge in [-0.05, 0) is 48.0 Å². The Kier molecular flexibility index (Phi) is 5.79. The highest BCUT2D eigenvalue weighted by atomic mass is 32.2. The first-order chi connectivity index (χ1) is 17.7. The van der Waals surface area contributed by atoms with E-state index in [9.17, 15) is 4.79 Å². The van der Waals surface area contributed by atoms with E-state index in [4.69, 9.17) is 9.72 Å². The fraction of sp³-hybridized carbons (Fsp3) is 0.0667. The van der Waals surface area contributed by atoms with Crippen molar-refractivity contribution in [2.45, 2.75) is 10.4 Å². The number of Topliss-reactive ketones (excluding diaryl/α,β-unsaturated/α-hetero) is 1. The van der Waals surface area contributed by atoms with Gasteiger partial charge in [0, 0.05) is 28.4 Å². The fourth-order valence-corrected chi connectivity index (χ4v) is 5.68. The summed E-state index contributed by atoms with van der Waals surface area (Å²) >= 11 is 1.47. The van der Waals surface area contributed by atoms with Gasteiger partial charge in [-0.25, -0.2) is 4.98 Å². The Balaban J connectivity index is 1.49. The molecule has 0 bridgehead atoms. The Labute approximate surface area is 212 Å². The molecule has 36 heavy (non-hydrogen) atoms. The van der Waals surface area contributed by atoms with Crippen molar-refractivity contribution in [3.05, 3.63) is 120 Å². The molecule has 2 heterocycles. The summed E-state index contributed by atoms with van der Waals surface area (Å²) in [4.78, 5) is 22.3. The third-order valence-electron chi connectivity index (χ3n) is 6.28. The number of thioether (sulfide) groups is 1. The van der Waals surface area contributed by atoms with Crippen LogP contribution < -0.4 is 4.74 Å². The molecule has 0 spiro atoms. The first kappa shape index (κ1) is 22.2. The van der Waals surface area contributed by atoms with Gasteiger partial charge in [-0.3, -0.25) is 9.36 Å². The molecule has 176 valence electrons. The van der Waals surface area contributed by atoms with Crippen molar-refractivity contribution >= 4 is 39.5 Å². The van der Waals surface area contributed by atoms with Crippen LogP contribution in [0.4, 0.5) is 0 Å². The molecule has 0 saturated heterocycles. The van der Waals surface area contributed by atoms with Crippen LogP contribution in [0.2, 0.25) is 0 Å². The van der Waals surface area contributed by atoms with Gasteiger partial charge < -0.3 is 9.72 Å². The number of carbonyl (C=O) groups excluding carboxylic acids is 1. The maximum absolute atomic E-state index is 14.1. The molecule has 0 unspecified atom stereocenters. The highest BCUT2D eigenvalue weighted by Gasteiger charge is 2.28. The van der Waals surface area contributed by atoms with Crippen LogP contribution in [-0.2, 0) is 0 Å². The van der Waals surface area contributed by atoms with Gasteiger partial charge in [0.25, 0.3) is 0 Å². The fourth-order valence-electron chi connectivity index (χ4n) is 4.49. The minimum atomic E-state index is -0.473. The minimum Gasteiger partial charge on any atom is -0.497 e. The van der Waals surface area contributed by atoms with Crippen LogP contribution in [0.25, 0.3) is 27.6 Å². The van der Waals surface area contributed by atoms with Crippen molar-refractivity contribution in [3.63, 3.8) is 0 Å². The second-order valence-electron chi connectivity index (χ2n) is 8.44. The van der Waals surface area contributed by atoms with Gasteiger partial charge in [0.1, 0.15) is 11.0 Å². The molecule has 1 atom stereocenters. The summed E-state index contributed by atoms with van der Waals surface area (Å²) in [5.41, 5.74) is 5.38. The zero-order valence-electron chi connectivity index (χ0n) is 19.6. The van der Waals surface area contributed by atoms with Crippen molar-refractivity contribution in [3.8, 4) is 11.4 Å². The lowest BCUT2D eigenvalue weighted by Crippen LogP contribution is -2.11. The molecule has 0 amide bonds. The predicted molar refractivity (Wildman–Crippen MR) is 145 cm³/mol. The summed E-state index contributed by atoms with van der Waals surface area (Å²) in [5, 5.41) is 1.20. The van der Waals surface area contributed by atoms with Crippen molar-refractivity contribution in [1.29, 1.82) is 0 Å². The molecule has 6 aromatic rings. The van der Waals surface area contributed by atoms with Crippen LogP contribution in [0.1, 0.15) is 21.2 Å². The lowest BCUT2D eigenvalue weighted by Gasteiger charge is -2.17. The first-order valence-corrected chi connectivity index (χ1v) is 12.5. The van der Waals surface area contributed by atoms with Gasteiger partial charge in [0.15, 0.2) is 10.9 Å². The van der Waals surface area contributed by atoms with Crippen LogP contribution >= 0.6 is 11.8 Å². The van der Waals surface area contributed by atoms with Crippen LogP contribution in [0.15, 0.2) is 114 Å². The van der Waals surface area contributed by atoms with Gasteiger partial charge in [-0.2, -0.15) is 0 Å². The van der Waals surface area contributed by atoms with Gasteiger partial charge in [-0.15, -0.1) is 0 Å². The van der Waals surface area contributed by atoms with E-state index in [1.165, 1.54) is 11.8 Å². The number of benzene rings is 4. The summed E-state index contributed by atoms with van der Waals surface area (Å²) in [5.74, 6) is 0.825. The quantitative estimate of drug-likeness (QED) is 0.190. The smallest absolute Gasteiger partial charge is 0.182 e. The maximum Gasteiger partial charge on any atom is 0.182 e. The molecule has 6 heteroatoms. The summed E-state index contributed by atoms with van der Waals surface area (Å²) in [6.45, 7) is 0. The van der Waals surface area contributed by atoms with Gasteiger partial charge >= 0.3 is 0 Å². The molecule has 0 fully saturated rings. The number of imidazole rings is 1. The number of hydrogen-bond acceptors (Lipinski definition) is 4. The first-order valence-electron chi connectivity index (χ1n) is 11.7. The molecule has 5 nitrogen and oxygen atoms in total. The molecular formula is C30H23N3O2S. The Morgan fingerprint density at radius 3 is 2.42 bits per heavy atom. The van der Waals surface area contributed by atoms with Crippen molar-refractivity contribution in [1.82, 2.24) is 14.5 Å². The Hall–Kier alpha value is -4.29. The number of carbonyl (C=O) groups is 1. The minimum absolute atomic E-state index is 0.0389. The number of methoxy groups -OCH3 is 1. The van der Waals surface area contributed by atoms with E-state index in [1.807, 2.05) is 103 Å². The monoisotopic (exact) mass is 489 g/mol. The second kappa shape index (κ2) is 9.40. The molecule has 2 aromatic heterocycles. The van der Waals surface area contributed by atoms with Gasteiger partial charge in [0.05, 0.1) is 18.1 Å². The normalized spacial score (nSPS) is 12.1. The number of rotatable bonds is 7. The number of aromatic amines is 1. The van der Waals surface area contributed by atoms with E-state index in [0.717, 1.165) is 44.1 Å². The number of hydrogen-bond donors (Lipinski definition) is 1. The molecular weight excluding hydrogens is 466 g/mol. The molecule has 0 aliphatic rings. The predicted octanol–water partition coefficient (Wildman–Crippen LogP) is 7.23. The lowest BCUT2D eigenvalue weighted by atomic mass is 10.0. The van der Waals surface area contributed by atoms with E-state index in [0.29, 0.717) is 5.56 Å². The number of nitrogens with zero attached hydrogens (tertiary/aromatic N) is 2. The second-order valence-corrected chi connectivity index (χ2v) is 9.51. The maximum atomic E-state index is 14.1. The number of ketones is 1. The summed E-state index contributed by atoms with van der Waals surface area (Å²) in [7, 11) is 1.66. The van der Waals surface area contributed by atoms with Gasteiger partial charge in [-0.1, -0.05) is 72.4 Å². The zero-order valence-corrected chi connectivity index (χ0v) is 20.4. The third-order valence-corrected chi connectivity index (χ3v) is 7.49. The highest BCUT2D eigenvalue weighted by Crippen LogP contribution is 2.41. The highest BCUT2D eigenvalue weighted by molar-refractivity contribution is 8.00. The zero-order chi connectivity index (χ0) is 24.5. The largest absolute Gasteiger partial charge is 0.497 e. The SMILES string of the molecule is COc1ccc(-n2c(S[C@@H](C(=O)c3c[nH]c4ccccc34)c3ccccc3)nc3ccccc32)cc1. The molecule has 0 radical (unpaired) electrons. The average molecular weight is 490 g/mol. The number of fused-ring (bicyclic) bond motifs is 2. The summed E-state index contributed by atoms with van der Waals surface area (Å²) in [6.07, 6.45) is 1.82. The van der Waals surface area contributed by atoms with Crippen molar-refractivity contribution in [2.75, 3.05) is 7.11 Å². The molecule has 4 aromatic carbocycles. The Bertz CT molecular complexity index is 1670. The van der Waals surface area contributed by atoms with E-state index in [2.05, 4.69) is 15.6 Å². The van der Waals surface area contributed by atoms with Crippen LogP contribution in [0.5, 0.6) is 5.75 Å². The van der Waals surface area contributed by atoms with E-state index < -0.39 is 5.25 Å². The van der Waals surface area contributed by atoms with Crippen LogP contribution in [0, 0.1) is 0 Å². The topological polar surface area (TPSA) is 59.9 Å². The van der Waals surface area contributed by atoms with Crippen molar-refractivity contribution in [2.24, 2.45) is 0 Å². The van der Waals surface area contributed by atoms with E-state index in [-0.39, 0.29) is 5.78 Å². The number of H-pyrrole nitrogens is 1. The number of para-hydroxylation sites is 3. The Morgan fingerprint density at radius 1 is 0.889 bits per heavy atom. The van der Waals surface area contributed by atoms with Gasteiger partial charge in [0.2, 0.25) is 0 Å². The summed E-state index contributed by atoms with van der Waals surface area (Å²) < 4.78 is 7.47. The van der Waals surface area contributed by atoms with Crippen LogP contribution in [-0.4, -0.2) is 27.4 Å². The number of aromatic nitrogens is 3. The van der Waals surface area contributed by atoms with E-state index in [1.54, 1.807) is 7.11 Å².